The van der Waals surface area contributed by atoms with Gasteiger partial charge in [0.25, 0.3) is 0 Å². The largest absolute Gasteiger partial charge is 1.00 e. The monoisotopic (exact) mass is 446 g/mol. The first-order valence-corrected chi connectivity index (χ1v) is 12.2. The van der Waals surface area contributed by atoms with Crippen molar-refractivity contribution in [1.29, 1.82) is 0 Å². The Hall–Kier alpha value is 0.750. The van der Waals surface area contributed by atoms with Gasteiger partial charge in [0, 0.05) is 0 Å². The van der Waals surface area contributed by atoms with Crippen LogP contribution < -0.4 is 29.6 Å². The van der Waals surface area contributed by atoms with E-state index in [2.05, 4.69) is 11.1 Å². The van der Waals surface area contributed by atoms with Gasteiger partial charge in [0.2, 0.25) is 10.4 Å². The Bertz CT molecular complexity index is 454. The van der Waals surface area contributed by atoms with Crippen molar-refractivity contribution in [2.45, 2.75) is 83.7 Å². The number of unbranched alkanes of at least 4 members (excludes halogenated alkanes) is 5. The van der Waals surface area contributed by atoms with Crippen LogP contribution >= 0.6 is 0 Å². The van der Waals surface area contributed by atoms with Crippen molar-refractivity contribution in [2.24, 2.45) is 5.92 Å². The van der Waals surface area contributed by atoms with Gasteiger partial charge in [-0.1, -0.05) is 51.9 Å². The van der Waals surface area contributed by atoms with Gasteiger partial charge >= 0.3 is 29.6 Å². The maximum Gasteiger partial charge on any atom is 1.00 e. The SMILES string of the molecule is CCCCCCCCC1CCC(OCCOCCOCCOS(=O)(=O)[O-])CC1.[Na+]. The van der Waals surface area contributed by atoms with E-state index in [0.717, 1.165) is 18.8 Å². The molecule has 0 atom stereocenters. The third kappa shape index (κ3) is 19.2. The summed E-state index contributed by atoms with van der Waals surface area (Å²) in [6.07, 6.45) is 14.9. The van der Waals surface area contributed by atoms with E-state index in [1.807, 2.05) is 0 Å². The summed E-state index contributed by atoms with van der Waals surface area (Å²) in [7, 11) is -4.63. The number of hydrogen-bond acceptors (Lipinski definition) is 7. The summed E-state index contributed by atoms with van der Waals surface area (Å²) in [5.41, 5.74) is 0. The van der Waals surface area contributed by atoms with Crippen molar-refractivity contribution >= 4 is 10.4 Å². The summed E-state index contributed by atoms with van der Waals surface area (Å²) in [6, 6.07) is 0. The summed E-state index contributed by atoms with van der Waals surface area (Å²) >= 11 is 0. The first-order chi connectivity index (χ1) is 13.5. The van der Waals surface area contributed by atoms with Gasteiger partial charge in [0.05, 0.1) is 45.7 Å². The molecule has 1 saturated carbocycles. The number of ether oxygens (including phenoxy) is 3. The molecule has 0 unspecified atom stereocenters. The number of hydrogen-bond donors (Lipinski definition) is 0. The molecule has 168 valence electrons. The van der Waals surface area contributed by atoms with E-state index in [9.17, 15) is 13.0 Å². The Morgan fingerprint density at radius 1 is 0.793 bits per heavy atom. The fourth-order valence-corrected chi connectivity index (χ4v) is 3.86. The molecule has 0 saturated heterocycles. The molecule has 1 aliphatic carbocycles. The molecule has 0 spiro atoms. The van der Waals surface area contributed by atoms with E-state index < -0.39 is 10.4 Å². The van der Waals surface area contributed by atoms with E-state index in [1.165, 1.54) is 57.8 Å². The van der Waals surface area contributed by atoms with Gasteiger partial charge in [-0.2, -0.15) is 0 Å². The Morgan fingerprint density at radius 2 is 1.34 bits per heavy atom. The molecule has 1 fully saturated rings. The Labute approximate surface area is 199 Å². The molecule has 0 radical (unpaired) electrons. The maximum atomic E-state index is 10.2. The summed E-state index contributed by atoms with van der Waals surface area (Å²) < 4.78 is 51.1. The second kappa shape index (κ2) is 19.4. The second-order valence-electron chi connectivity index (χ2n) is 7.52. The van der Waals surface area contributed by atoms with Gasteiger partial charge < -0.3 is 18.8 Å². The van der Waals surface area contributed by atoms with Crippen LogP contribution in [0.3, 0.4) is 0 Å². The van der Waals surface area contributed by atoms with Crippen molar-refractivity contribution in [3.8, 4) is 0 Å². The molecule has 0 amide bonds. The Kier molecular flexibility index (Phi) is 19.9. The molecule has 0 bridgehead atoms. The predicted octanol–water partition coefficient (Wildman–Crippen LogP) is 0.826. The molecule has 7 nitrogen and oxygen atoms in total. The van der Waals surface area contributed by atoms with Gasteiger partial charge in [0.15, 0.2) is 0 Å². The summed E-state index contributed by atoms with van der Waals surface area (Å²) in [6.45, 7) is 3.87. The molecule has 0 aliphatic heterocycles. The zero-order valence-electron chi connectivity index (χ0n) is 18.4. The van der Waals surface area contributed by atoms with Crippen molar-refractivity contribution in [2.75, 3.05) is 39.6 Å². The first kappa shape index (κ1) is 29.8. The van der Waals surface area contributed by atoms with Crippen LogP contribution in [0.4, 0.5) is 0 Å². The summed E-state index contributed by atoms with van der Waals surface area (Å²) in [5, 5.41) is 0. The Morgan fingerprint density at radius 3 is 1.97 bits per heavy atom. The average Bonchev–Trinajstić information content (AvgIpc) is 2.66. The second-order valence-corrected chi connectivity index (χ2v) is 8.58. The molecule has 0 aromatic carbocycles. The third-order valence-corrected chi connectivity index (χ3v) is 5.62. The first-order valence-electron chi connectivity index (χ1n) is 10.9. The van der Waals surface area contributed by atoms with Crippen LogP contribution in [0.15, 0.2) is 0 Å². The van der Waals surface area contributed by atoms with Gasteiger partial charge in [-0.05, 0) is 31.6 Å². The van der Waals surface area contributed by atoms with Crippen LogP contribution in [0.25, 0.3) is 0 Å². The van der Waals surface area contributed by atoms with E-state index in [0.29, 0.717) is 32.5 Å². The predicted molar refractivity (Wildman–Crippen MR) is 107 cm³/mol. The minimum atomic E-state index is -4.63. The van der Waals surface area contributed by atoms with E-state index >= 15 is 0 Å². The minimum Gasteiger partial charge on any atom is -0.726 e. The zero-order valence-corrected chi connectivity index (χ0v) is 21.3. The van der Waals surface area contributed by atoms with Crippen LogP contribution in [-0.4, -0.2) is 58.7 Å². The Balaban J connectivity index is 0.00000784. The van der Waals surface area contributed by atoms with Crippen LogP contribution in [0.2, 0.25) is 0 Å². The zero-order chi connectivity index (χ0) is 20.5. The molecule has 0 aromatic heterocycles. The topological polar surface area (TPSA) is 94.1 Å². The maximum absolute atomic E-state index is 10.2. The molecule has 0 N–H and O–H groups in total. The van der Waals surface area contributed by atoms with Crippen molar-refractivity contribution in [3.63, 3.8) is 0 Å². The third-order valence-electron chi connectivity index (χ3n) is 5.17. The van der Waals surface area contributed by atoms with Gasteiger partial charge in [0.1, 0.15) is 0 Å². The van der Waals surface area contributed by atoms with Crippen molar-refractivity contribution in [3.05, 3.63) is 0 Å². The summed E-state index contributed by atoms with van der Waals surface area (Å²) in [4.78, 5) is 0. The van der Waals surface area contributed by atoms with E-state index in [1.54, 1.807) is 0 Å². The van der Waals surface area contributed by atoms with E-state index in [-0.39, 0.29) is 42.8 Å². The average molecular weight is 447 g/mol. The fraction of sp³-hybridized carbons (Fsp3) is 1.00. The molecule has 1 rings (SSSR count). The van der Waals surface area contributed by atoms with Crippen LogP contribution in [0.1, 0.15) is 77.6 Å². The van der Waals surface area contributed by atoms with Crippen molar-refractivity contribution < 1.29 is 60.9 Å². The van der Waals surface area contributed by atoms with E-state index in [4.69, 9.17) is 14.2 Å². The molecule has 0 heterocycles. The number of rotatable bonds is 18. The molecule has 29 heavy (non-hydrogen) atoms. The van der Waals surface area contributed by atoms with Crippen LogP contribution in [0, 0.1) is 5.92 Å². The molecule has 1 aliphatic rings. The molecule has 9 heteroatoms. The molecule has 0 aromatic rings. The van der Waals surface area contributed by atoms with Crippen LogP contribution in [0.5, 0.6) is 0 Å². The summed E-state index contributed by atoms with van der Waals surface area (Å²) in [5.74, 6) is 0.889. The van der Waals surface area contributed by atoms with Crippen molar-refractivity contribution in [1.82, 2.24) is 0 Å². The normalized spacial score (nSPS) is 19.8. The fourth-order valence-electron chi connectivity index (χ4n) is 3.59. The molecular formula is C20H39NaO7S. The molecular weight excluding hydrogens is 407 g/mol. The standard InChI is InChI=1S/C20H40O7S.Na/c1-2-3-4-5-6-7-8-19-9-11-20(12-10-19)26-17-15-24-13-14-25-16-18-27-28(21,22)23;/h19-20H,2-18H2,1H3,(H,21,22,23);/q;+1/p-1. The van der Waals surface area contributed by atoms with Gasteiger partial charge in [-0.3, -0.25) is 4.18 Å². The smallest absolute Gasteiger partial charge is 0.726 e. The van der Waals surface area contributed by atoms with Gasteiger partial charge in [-0.25, -0.2) is 8.42 Å². The quantitative estimate of drug-likeness (QED) is 0.133. The van der Waals surface area contributed by atoms with Crippen LogP contribution in [-0.2, 0) is 28.8 Å². The van der Waals surface area contributed by atoms with Gasteiger partial charge in [-0.15, -0.1) is 0 Å². The minimum absolute atomic E-state index is 0.